The van der Waals surface area contributed by atoms with Gasteiger partial charge in [0.1, 0.15) is 5.58 Å². The van der Waals surface area contributed by atoms with E-state index in [1.165, 1.54) is 0 Å². The van der Waals surface area contributed by atoms with Crippen molar-refractivity contribution in [2.75, 3.05) is 0 Å². The minimum atomic E-state index is 0.0911. The number of hydrogen-bond donors (Lipinski definition) is 0. The Labute approximate surface area is 81.5 Å². The molecule has 0 radical (unpaired) electrons. The van der Waals surface area contributed by atoms with E-state index in [2.05, 4.69) is 0 Å². The van der Waals surface area contributed by atoms with Crippen LogP contribution in [0.15, 0.2) is 28.7 Å². The monoisotopic (exact) mass is 186 g/mol. The topological polar surface area (TPSA) is 30.2 Å². The molecule has 0 aliphatic heterocycles. The van der Waals surface area contributed by atoms with E-state index in [1.54, 1.807) is 0 Å². The Morgan fingerprint density at radius 3 is 3.00 bits per heavy atom. The summed E-state index contributed by atoms with van der Waals surface area (Å²) in [6.07, 6.45) is 0.825. The molecule has 2 nitrogen and oxygen atoms in total. The fourth-order valence-electron chi connectivity index (χ4n) is 2.12. The van der Waals surface area contributed by atoms with Gasteiger partial charge in [0.2, 0.25) is 5.78 Å². The molecule has 3 rings (SSSR count). The van der Waals surface area contributed by atoms with E-state index in [9.17, 15) is 4.79 Å². The second kappa shape index (κ2) is 2.47. The minimum Gasteiger partial charge on any atom is -0.453 e. The van der Waals surface area contributed by atoms with Gasteiger partial charge in [0.25, 0.3) is 0 Å². The molecule has 0 spiro atoms. The van der Waals surface area contributed by atoms with Crippen LogP contribution >= 0.6 is 0 Å². The quantitative estimate of drug-likeness (QED) is 0.633. The highest BCUT2D eigenvalue weighted by Gasteiger charge is 2.32. The summed E-state index contributed by atoms with van der Waals surface area (Å²) in [5.41, 5.74) is 1.93. The van der Waals surface area contributed by atoms with Crippen LogP contribution < -0.4 is 0 Å². The number of benzene rings is 1. The fourth-order valence-corrected chi connectivity index (χ4v) is 2.12. The van der Waals surface area contributed by atoms with Crippen molar-refractivity contribution in [1.82, 2.24) is 0 Å². The first kappa shape index (κ1) is 7.80. The van der Waals surface area contributed by atoms with Crippen molar-refractivity contribution >= 4 is 16.8 Å². The summed E-state index contributed by atoms with van der Waals surface area (Å²) in [5.74, 6) is 0.822. The molecule has 0 amide bonds. The van der Waals surface area contributed by atoms with E-state index in [4.69, 9.17) is 4.42 Å². The molecule has 70 valence electrons. The van der Waals surface area contributed by atoms with Crippen molar-refractivity contribution in [2.24, 2.45) is 5.92 Å². The van der Waals surface area contributed by atoms with Crippen LogP contribution in [0.3, 0.4) is 0 Å². The van der Waals surface area contributed by atoms with E-state index in [0.717, 1.165) is 23.0 Å². The SMILES string of the molecule is CC1Cc2c(oc3ccccc23)C1=O. The van der Waals surface area contributed by atoms with Crippen molar-refractivity contribution in [1.29, 1.82) is 0 Å². The van der Waals surface area contributed by atoms with Gasteiger partial charge in [0, 0.05) is 16.9 Å². The van der Waals surface area contributed by atoms with Crippen LogP contribution in [0, 0.1) is 5.92 Å². The van der Waals surface area contributed by atoms with Gasteiger partial charge in [-0.1, -0.05) is 25.1 Å². The number of furan rings is 1. The summed E-state index contributed by atoms with van der Waals surface area (Å²) < 4.78 is 5.54. The smallest absolute Gasteiger partial charge is 0.201 e. The highest BCUT2D eigenvalue weighted by Crippen LogP contribution is 2.34. The number of carbonyl (C=O) groups is 1. The minimum absolute atomic E-state index is 0.0911. The van der Waals surface area contributed by atoms with Gasteiger partial charge in [-0.15, -0.1) is 0 Å². The van der Waals surface area contributed by atoms with E-state index < -0.39 is 0 Å². The zero-order valence-corrected chi connectivity index (χ0v) is 7.91. The maximum absolute atomic E-state index is 11.7. The maximum atomic E-state index is 11.7. The molecule has 1 atom stereocenters. The average Bonchev–Trinajstić information content (AvgIpc) is 2.67. The van der Waals surface area contributed by atoms with Gasteiger partial charge in [-0.25, -0.2) is 0 Å². The normalized spacial score (nSPS) is 20.4. The van der Waals surface area contributed by atoms with Crippen LogP contribution in [0.25, 0.3) is 11.0 Å². The number of carbonyl (C=O) groups excluding carboxylic acids is 1. The highest BCUT2D eigenvalue weighted by molar-refractivity contribution is 6.04. The van der Waals surface area contributed by atoms with E-state index in [-0.39, 0.29) is 11.7 Å². The summed E-state index contributed by atoms with van der Waals surface area (Å²) in [6.45, 7) is 1.95. The molecule has 1 aromatic heterocycles. The molecule has 1 aromatic carbocycles. The third-order valence-electron chi connectivity index (χ3n) is 2.88. The van der Waals surface area contributed by atoms with E-state index >= 15 is 0 Å². The lowest BCUT2D eigenvalue weighted by molar-refractivity contribution is 0.0923. The zero-order valence-electron chi connectivity index (χ0n) is 7.91. The van der Waals surface area contributed by atoms with Crippen LogP contribution in [0.4, 0.5) is 0 Å². The first-order valence-electron chi connectivity index (χ1n) is 4.82. The van der Waals surface area contributed by atoms with Gasteiger partial charge in [-0.2, -0.15) is 0 Å². The molecule has 1 unspecified atom stereocenters. The molecule has 14 heavy (non-hydrogen) atoms. The predicted molar refractivity (Wildman–Crippen MR) is 53.4 cm³/mol. The first-order chi connectivity index (χ1) is 6.77. The predicted octanol–water partition coefficient (Wildman–Crippen LogP) is 2.81. The molecule has 2 heteroatoms. The standard InChI is InChI=1S/C12H10O2/c1-7-6-9-8-4-2-3-5-10(8)14-12(9)11(7)13/h2-5,7H,6H2,1H3. The lowest BCUT2D eigenvalue weighted by Crippen LogP contribution is -2.02. The Balaban J connectivity index is 2.36. The summed E-state index contributed by atoms with van der Waals surface area (Å²) in [6, 6.07) is 7.83. The van der Waals surface area contributed by atoms with E-state index in [0.29, 0.717) is 5.76 Å². The zero-order chi connectivity index (χ0) is 9.71. The van der Waals surface area contributed by atoms with Gasteiger partial charge in [-0.3, -0.25) is 4.79 Å². The van der Waals surface area contributed by atoms with Crippen LogP contribution in [0.2, 0.25) is 0 Å². The van der Waals surface area contributed by atoms with Gasteiger partial charge in [-0.05, 0) is 12.5 Å². The molecular formula is C12H10O2. The Bertz CT molecular complexity index is 522. The number of Topliss-reactive ketones (excluding diaryl/α,β-unsaturated/α-hetero) is 1. The van der Waals surface area contributed by atoms with Gasteiger partial charge in [0.05, 0.1) is 0 Å². The number of rotatable bonds is 0. The molecule has 0 bridgehead atoms. The second-order valence-electron chi connectivity index (χ2n) is 3.88. The Hall–Kier alpha value is -1.57. The second-order valence-corrected chi connectivity index (χ2v) is 3.88. The number of fused-ring (bicyclic) bond motifs is 3. The highest BCUT2D eigenvalue weighted by atomic mass is 16.3. The summed E-state index contributed by atoms with van der Waals surface area (Å²) in [5, 5.41) is 1.10. The maximum Gasteiger partial charge on any atom is 0.201 e. The lowest BCUT2D eigenvalue weighted by atomic mass is 10.1. The lowest BCUT2D eigenvalue weighted by Gasteiger charge is -1.96. The Morgan fingerprint density at radius 2 is 2.14 bits per heavy atom. The number of para-hydroxylation sites is 1. The summed E-state index contributed by atoms with van der Waals surface area (Å²) in [7, 11) is 0. The van der Waals surface area contributed by atoms with Crippen LogP contribution in [-0.4, -0.2) is 5.78 Å². The molecule has 1 heterocycles. The van der Waals surface area contributed by atoms with Crippen molar-refractivity contribution in [2.45, 2.75) is 13.3 Å². The largest absolute Gasteiger partial charge is 0.453 e. The van der Waals surface area contributed by atoms with Gasteiger partial charge < -0.3 is 4.42 Å². The number of hydrogen-bond acceptors (Lipinski definition) is 2. The first-order valence-corrected chi connectivity index (χ1v) is 4.82. The van der Waals surface area contributed by atoms with Crippen molar-refractivity contribution in [3.8, 4) is 0 Å². The fraction of sp³-hybridized carbons (Fsp3) is 0.250. The van der Waals surface area contributed by atoms with E-state index in [1.807, 2.05) is 31.2 Å². The third kappa shape index (κ3) is 0.830. The van der Waals surface area contributed by atoms with Crippen LogP contribution in [-0.2, 0) is 6.42 Å². The van der Waals surface area contributed by atoms with Crippen molar-refractivity contribution in [3.63, 3.8) is 0 Å². The molecular weight excluding hydrogens is 176 g/mol. The number of ketones is 1. The molecule has 0 saturated carbocycles. The Kier molecular flexibility index (Phi) is 1.38. The third-order valence-corrected chi connectivity index (χ3v) is 2.88. The van der Waals surface area contributed by atoms with Gasteiger partial charge in [0.15, 0.2) is 5.76 Å². The molecule has 2 aromatic rings. The summed E-state index contributed by atoms with van der Waals surface area (Å²) in [4.78, 5) is 11.7. The van der Waals surface area contributed by atoms with Crippen molar-refractivity contribution < 1.29 is 9.21 Å². The van der Waals surface area contributed by atoms with Crippen molar-refractivity contribution in [3.05, 3.63) is 35.6 Å². The van der Waals surface area contributed by atoms with Crippen LogP contribution in [0.1, 0.15) is 23.0 Å². The summed E-state index contributed by atoms with van der Waals surface area (Å²) >= 11 is 0. The Morgan fingerprint density at radius 1 is 1.36 bits per heavy atom. The molecule has 0 fully saturated rings. The molecule has 1 aliphatic carbocycles. The molecule has 1 aliphatic rings. The average molecular weight is 186 g/mol. The molecule has 0 N–H and O–H groups in total. The van der Waals surface area contributed by atoms with Crippen LogP contribution in [0.5, 0.6) is 0 Å². The van der Waals surface area contributed by atoms with Gasteiger partial charge >= 0.3 is 0 Å². The molecule has 0 saturated heterocycles.